The lowest BCUT2D eigenvalue weighted by molar-refractivity contribution is -0.122. The standard InChI is InChI=1S/C16H26N2O/c1-4-15(14-9-6-5-7-10-14)18-16(19)11-8-12-17-13(2)3/h5-7,9-10,13,15,17H,4,8,11-12H2,1-3H3,(H,18,19). The van der Waals surface area contributed by atoms with Gasteiger partial charge in [0, 0.05) is 12.5 Å². The van der Waals surface area contributed by atoms with E-state index in [0.717, 1.165) is 19.4 Å². The molecule has 0 aliphatic carbocycles. The molecule has 1 rings (SSSR count). The molecule has 1 aromatic carbocycles. The molecule has 3 heteroatoms. The summed E-state index contributed by atoms with van der Waals surface area (Å²) in [6.07, 6.45) is 2.39. The molecule has 19 heavy (non-hydrogen) atoms. The first-order valence-electron chi connectivity index (χ1n) is 7.21. The van der Waals surface area contributed by atoms with E-state index < -0.39 is 0 Å². The van der Waals surface area contributed by atoms with Crippen LogP contribution in [0.2, 0.25) is 0 Å². The third kappa shape index (κ3) is 6.39. The molecule has 0 radical (unpaired) electrons. The fraction of sp³-hybridized carbons (Fsp3) is 0.562. The Labute approximate surface area is 116 Å². The minimum atomic E-state index is 0.131. The summed E-state index contributed by atoms with van der Waals surface area (Å²) < 4.78 is 0. The number of rotatable bonds is 8. The number of benzene rings is 1. The van der Waals surface area contributed by atoms with E-state index in [9.17, 15) is 4.79 Å². The molecule has 2 N–H and O–H groups in total. The van der Waals surface area contributed by atoms with E-state index in [1.165, 1.54) is 5.56 Å². The van der Waals surface area contributed by atoms with Crippen molar-refractivity contribution in [3.63, 3.8) is 0 Å². The first-order chi connectivity index (χ1) is 9.13. The van der Waals surface area contributed by atoms with E-state index in [1.54, 1.807) is 0 Å². The molecule has 0 heterocycles. The van der Waals surface area contributed by atoms with Crippen LogP contribution in [0.5, 0.6) is 0 Å². The topological polar surface area (TPSA) is 41.1 Å². The highest BCUT2D eigenvalue weighted by atomic mass is 16.1. The summed E-state index contributed by atoms with van der Waals surface area (Å²) in [5, 5.41) is 6.42. The van der Waals surface area contributed by atoms with Crippen LogP contribution < -0.4 is 10.6 Å². The molecule has 1 amide bonds. The monoisotopic (exact) mass is 262 g/mol. The maximum absolute atomic E-state index is 11.9. The Kier molecular flexibility index (Phi) is 7.19. The second kappa shape index (κ2) is 8.70. The van der Waals surface area contributed by atoms with Crippen molar-refractivity contribution in [1.29, 1.82) is 0 Å². The second-order valence-corrected chi connectivity index (χ2v) is 5.15. The third-order valence-electron chi connectivity index (χ3n) is 3.08. The van der Waals surface area contributed by atoms with Gasteiger partial charge >= 0.3 is 0 Å². The summed E-state index contributed by atoms with van der Waals surface area (Å²) in [7, 11) is 0. The zero-order valence-corrected chi connectivity index (χ0v) is 12.3. The molecule has 0 saturated heterocycles. The highest BCUT2D eigenvalue weighted by molar-refractivity contribution is 5.76. The quantitative estimate of drug-likeness (QED) is 0.707. The summed E-state index contributed by atoms with van der Waals surface area (Å²) in [6, 6.07) is 10.8. The molecule has 1 aromatic rings. The van der Waals surface area contributed by atoms with Gasteiger partial charge in [0.25, 0.3) is 0 Å². The predicted molar refractivity (Wildman–Crippen MR) is 80.0 cm³/mol. The largest absolute Gasteiger partial charge is 0.349 e. The summed E-state index contributed by atoms with van der Waals surface area (Å²) >= 11 is 0. The van der Waals surface area contributed by atoms with Crippen LogP contribution in [0, 0.1) is 0 Å². The van der Waals surface area contributed by atoms with Gasteiger partial charge in [0.2, 0.25) is 5.91 Å². The van der Waals surface area contributed by atoms with E-state index in [4.69, 9.17) is 0 Å². The minimum Gasteiger partial charge on any atom is -0.349 e. The second-order valence-electron chi connectivity index (χ2n) is 5.15. The molecular formula is C16H26N2O. The third-order valence-corrected chi connectivity index (χ3v) is 3.08. The van der Waals surface area contributed by atoms with Crippen LogP contribution in [0.3, 0.4) is 0 Å². The fourth-order valence-electron chi connectivity index (χ4n) is 2.01. The van der Waals surface area contributed by atoms with Crippen molar-refractivity contribution in [2.75, 3.05) is 6.54 Å². The van der Waals surface area contributed by atoms with Crippen molar-refractivity contribution in [2.45, 2.75) is 52.1 Å². The van der Waals surface area contributed by atoms with E-state index >= 15 is 0 Å². The van der Waals surface area contributed by atoms with Crippen LogP contribution in [-0.2, 0) is 4.79 Å². The smallest absolute Gasteiger partial charge is 0.220 e. The number of carbonyl (C=O) groups excluding carboxylic acids is 1. The van der Waals surface area contributed by atoms with Crippen LogP contribution in [0.15, 0.2) is 30.3 Å². The molecule has 1 unspecified atom stereocenters. The molecule has 106 valence electrons. The van der Waals surface area contributed by atoms with Gasteiger partial charge in [-0.2, -0.15) is 0 Å². The predicted octanol–water partition coefficient (Wildman–Crippen LogP) is 3.03. The van der Waals surface area contributed by atoms with Crippen LogP contribution in [-0.4, -0.2) is 18.5 Å². The zero-order valence-electron chi connectivity index (χ0n) is 12.3. The van der Waals surface area contributed by atoms with Crippen LogP contribution in [0.25, 0.3) is 0 Å². The van der Waals surface area contributed by atoms with Crippen LogP contribution in [0.1, 0.15) is 51.6 Å². The number of carbonyl (C=O) groups is 1. The van der Waals surface area contributed by atoms with Crippen molar-refractivity contribution in [2.24, 2.45) is 0 Å². The van der Waals surface area contributed by atoms with Crippen LogP contribution in [0.4, 0.5) is 0 Å². The van der Waals surface area contributed by atoms with Crippen molar-refractivity contribution in [3.05, 3.63) is 35.9 Å². The Bertz CT molecular complexity index is 362. The molecule has 0 spiro atoms. The first-order valence-corrected chi connectivity index (χ1v) is 7.21. The summed E-state index contributed by atoms with van der Waals surface area (Å²) in [4.78, 5) is 11.9. The SMILES string of the molecule is CCC(NC(=O)CCCNC(C)C)c1ccccc1. The summed E-state index contributed by atoms with van der Waals surface area (Å²) in [6.45, 7) is 7.22. The van der Waals surface area contributed by atoms with Crippen molar-refractivity contribution in [1.82, 2.24) is 10.6 Å². The van der Waals surface area contributed by atoms with Crippen LogP contribution >= 0.6 is 0 Å². The lowest BCUT2D eigenvalue weighted by Gasteiger charge is -2.17. The molecule has 0 saturated carbocycles. The van der Waals surface area contributed by atoms with Gasteiger partial charge in [-0.1, -0.05) is 51.1 Å². The van der Waals surface area contributed by atoms with Gasteiger partial charge < -0.3 is 10.6 Å². The zero-order chi connectivity index (χ0) is 14.1. The van der Waals surface area contributed by atoms with Crippen molar-refractivity contribution in [3.8, 4) is 0 Å². The molecule has 0 bridgehead atoms. The van der Waals surface area contributed by atoms with Gasteiger partial charge in [-0.15, -0.1) is 0 Å². The molecule has 1 atom stereocenters. The Hall–Kier alpha value is -1.35. The first kappa shape index (κ1) is 15.7. The maximum atomic E-state index is 11.9. The average molecular weight is 262 g/mol. The number of nitrogens with one attached hydrogen (secondary N) is 2. The fourth-order valence-corrected chi connectivity index (χ4v) is 2.01. The summed E-state index contributed by atoms with van der Waals surface area (Å²) in [5.74, 6) is 0.140. The number of hydrogen-bond donors (Lipinski definition) is 2. The Balaban J connectivity index is 2.33. The van der Waals surface area contributed by atoms with E-state index in [1.807, 2.05) is 18.2 Å². The summed E-state index contributed by atoms with van der Waals surface area (Å²) in [5.41, 5.74) is 1.18. The molecular weight excluding hydrogens is 236 g/mol. The lowest BCUT2D eigenvalue weighted by atomic mass is 10.0. The lowest BCUT2D eigenvalue weighted by Crippen LogP contribution is -2.29. The van der Waals surface area contributed by atoms with Crippen molar-refractivity contribution >= 4 is 5.91 Å². The highest BCUT2D eigenvalue weighted by Crippen LogP contribution is 2.15. The molecule has 0 aliphatic rings. The molecule has 0 aromatic heterocycles. The Morgan fingerprint density at radius 1 is 1.21 bits per heavy atom. The van der Waals surface area contributed by atoms with Gasteiger partial charge in [0.05, 0.1) is 6.04 Å². The van der Waals surface area contributed by atoms with E-state index in [0.29, 0.717) is 12.5 Å². The van der Waals surface area contributed by atoms with Gasteiger partial charge in [0.15, 0.2) is 0 Å². The van der Waals surface area contributed by atoms with Crippen molar-refractivity contribution < 1.29 is 4.79 Å². The van der Waals surface area contributed by atoms with E-state index in [2.05, 4.69) is 43.5 Å². The minimum absolute atomic E-state index is 0.131. The van der Waals surface area contributed by atoms with Gasteiger partial charge in [-0.3, -0.25) is 4.79 Å². The van der Waals surface area contributed by atoms with Gasteiger partial charge in [-0.25, -0.2) is 0 Å². The normalized spacial score (nSPS) is 12.4. The number of hydrogen-bond acceptors (Lipinski definition) is 2. The highest BCUT2D eigenvalue weighted by Gasteiger charge is 2.11. The molecule has 3 nitrogen and oxygen atoms in total. The maximum Gasteiger partial charge on any atom is 0.220 e. The van der Waals surface area contributed by atoms with Gasteiger partial charge in [0.1, 0.15) is 0 Å². The van der Waals surface area contributed by atoms with E-state index in [-0.39, 0.29) is 11.9 Å². The van der Waals surface area contributed by atoms with Gasteiger partial charge in [-0.05, 0) is 24.9 Å². The average Bonchev–Trinajstić information content (AvgIpc) is 2.41. The molecule has 0 fully saturated rings. The number of amides is 1. The Morgan fingerprint density at radius 2 is 1.89 bits per heavy atom. The Morgan fingerprint density at radius 3 is 2.47 bits per heavy atom. The molecule has 0 aliphatic heterocycles.